The van der Waals surface area contributed by atoms with Crippen LogP contribution < -0.4 is 4.90 Å². The molecule has 0 fully saturated rings. The van der Waals surface area contributed by atoms with E-state index in [4.69, 9.17) is 23.2 Å². The van der Waals surface area contributed by atoms with Crippen LogP contribution in [0, 0.1) is 6.92 Å². The monoisotopic (exact) mass is 504 g/mol. The normalized spacial score (nSPS) is 13.8. The molecule has 0 spiro atoms. The van der Waals surface area contributed by atoms with Gasteiger partial charge in [0.15, 0.2) is 11.5 Å². The highest BCUT2D eigenvalue weighted by atomic mass is 35.5. The summed E-state index contributed by atoms with van der Waals surface area (Å²) < 4.78 is 41.7. The number of anilines is 1. The van der Waals surface area contributed by atoms with Crippen LogP contribution in [-0.2, 0) is 12.6 Å². The smallest absolute Gasteiger partial charge is 0.268 e. The second-order valence-electron chi connectivity index (χ2n) is 7.69. The number of aromatic nitrogens is 3. The number of hydrogen-bond acceptors (Lipinski definition) is 4. The fraction of sp³-hybridized carbons (Fsp3) is 0.130. The summed E-state index contributed by atoms with van der Waals surface area (Å²) in [6.07, 6.45) is -4.65. The van der Waals surface area contributed by atoms with E-state index in [0.717, 1.165) is 11.0 Å². The summed E-state index contributed by atoms with van der Waals surface area (Å²) in [5.74, 6) is -1.28. The van der Waals surface area contributed by atoms with Crippen LogP contribution in [0.5, 0.6) is 0 Å². The second kappa shape index (κ2) is 7.82. The summed E-state index contributed by atoms with van der Waals surface area (Å²) in [7, 11) is 0. The van der Waals surface area contributed by atoms with Gasteiger partial charge in [-0.3, -0.25) is 9.59 Å². The Morgan fingerprint density at radius 1 is 0.971 bits per heavy atom. The largest absolute Gasteiger partial charge is 0.416 e. The molecule has 0 saturated carbocycles. The van der Waals surface area contributed by atoms with Crippen LogP contribution in [0.1, 0.15) is 43.0 Å². The third-order valence-electron chi connectivity index (χ3n) is 5.71. The van der Waals surface area contributed by atoms with E-state index in [9.17, 15) is 22.8 Å². The molecule has 0 saturated heterocycles. The molecular weight excluding hydrogens is 492 g/mol. The van der Waals surface area contributed by atoms with Gasteiger partial charge in [-0.05, 0) is 36.2 Å². The van der Waals surface area contributed by atoms with Crippen LogP contribution >= 0.6 is 23.2 Å². The van der Waals surface area contributed by atoms with Crippen molar-refractivity contribution in [1.82, 2.24) is 14.6 Å². The summed E-state index contributed by atoms with van der Waals surface area (Å²) in [5.41, 5.74) is 0.303. The van der Waals surface area contributed by atoms with Crippen LogP contribution in [-0.4, -0.2) is 26.4 Å². The molecule has 0 radical (unpaired) electrons. The molecule has 3 heterocycles. The molecule has 11 heteroatoms. The predicted molar refractivity (Wildman–Crippen MR) is 120 cm³/mol. The minimum absolute atomic E-state index is 0.00999. The maximum Gasteiger partial charge on any atom is 0.416 e. The molecular formula is C23H13Cl2F3N4O2. The Hall–Kier alpha value is -3.43. The molecule has 0 unspecified atom stereocenters. The summed E-state index contributed by atoms with van der Waals surface area (Å²) in [6, 6.07) is 11.4. The fourth-order valence-electron chi connectivity index (χ4n) is 4.08. The third kappa shape index (κ3) is 3.43. The SMILES string of the molecule is Cc1c(Cc2c(N3C(=O)c4ccccc4C3=O)nn3c(Cl)cc(Cl)nc23)cccc1C(F)(F)F. The van der Waals surface area contributed by atoms with E-state index >= 15 is 0 Å². The Morgan fingerprint density at radius 2 is 1.62 bits per heavy atom. The van der Waals surface area contributed by atoms with E-state index in [1.165, 1.54) is 41.8 Å². The van der Waals surface area contributed by atoms with Crippen molar-refractivity contribution in [2.24, 2.45) is 0 Å². The second-order valence-corrected chi connectivity index (χ2v) is 8.47. The number of carbonyl (C=O) groups is 2. The van der Waals surface area contributed by atoms with E-state index < -0.39 is 23.6 Å². The molecule has 1 aliphatic heterocycles. The highest BCUT2D eigenvalue weighted by Gasteiger charge is 2.40. The molecule has 4 aromatic rings. The maximum absolute atomic E-state index is 13.5. The Labute approximate surface area is 200 Å². The lowest BCUT2D eigenvalue weighted by atomic mass is 9.97. The fourth-order valence-corrected chi connectivity index (χ4v) is 4.54. The van der Waals surface area contributed by atoms with Crippen LogP contribution in [0.4, 0.5) is 19.0 Å². The molecule has 2 aromatic carbocycles. The number of alkyl halides is 3. The van der Waals surface area contributed by atoms with Crippen molar-refractivity contribution in [3.8, 4) is 0 Å². The van der Waals surface area contributed by atoms with Gasteiger partial charge in [0, 0.05) is 18.1 Å². The Kier molecular flexibility index (Phi) is 5.14. The molecule has 0 atom stereocenters. The average molecular weight is 505 g/mol. The van der Waals surface area contributed by atoms with Crippen molar-refractivity contribution in [2.45, 2.75) is 19.5 Å². The molecule has 0 bridgehead atoms. The number of imide groups is 1. The lowest BCUT2D eigenvalue weighted by Gasteiger charge is -2.16. The van der Waals surface area contributed by atoms with Crippen molar-refractivity contribution in [3.63, 3.8) is 0 Å². The van der Waals surface area contributed by atoms with Crippen LogP contribution in [0.25, 0.3) is 5.65 Å². The molecule has 0 N–H and O–H groups in total. The van der Waals surface area contributed by atoms with Crippen molar-refractivity contribution in [2.75, 3.05) is 4.90 Å². The Bertz CT molecular complexity index is 1480. The van der Waals surface area contributed by atoms with E-state index in [1.807, 2.05) is 0 Å². The van der Waals surface area contributed by atoms with Crippen molar-refractivity contribution < 1.29 is 22.8 Å². The van der Waals surface area contributed by atoms with Gasteiger partial charge in [0.25, 0.3) is 11.8 Å². The zero-order valence-corrected chi connectivity index (χ0v) is 18.8. The summed E-state index contributed by atoms with van der Waals surface area (Å²) in [5, 5.41) is 4.42. The highest BCUT2D eigenvalue weighted by molar-refractivity contribution is 6.35. The standard InChI is InChI=1S/C23H13Cl2F3N4O2/c1-11-12(5-4-8-16(11)23(26,27)28)9-15-19-29-17(24)10-18(25)32(19)30-20(15)31-21(33)13-6-2-3-7-14(13)22(31)34/h2-8,10H,9H2,1H3. The lowest BCUT2D eigenvalue weighted by Crippen LogP contribution is -2.30. The van der Waals surface area contributed by atoms with E-state index in [0.29, 0.717) is 5.56 Å². The van der Waals surface area contributed by atoms with Gasteiger partial charge in [-0.15, -0.1) is 5.10 Å². The number of carbonyl (C=O) groups excluding carboxylic acids is 2. The molecule has 2 aromatic heterocycles. The van der Waals surface area contributed by atoms with Gasteiger partial charge in [0.1, 0.15) is 10.3 Å². The minimum atomic E-state index is -4.54. The van der Waals surface area contributed by atoms with Gasteiger partial charge in [0.2, 0.25) is 0 Å². The Morgan fingerprint density at radius 3 is 2.24 bits per heavy atom. The van der Waals surface area contributed by atoms with Crippen molar-refractivity contribution in [3.05, 3.63) is 92.2 Å². The van der Waals surface area contributed by atoms with Gasteiger partial charge >= 0.3 is 6.18 Å². The zero-order chi connectivity index (χ0) is 24.4. The predicted octanol–water partition coefficient (Wildman–Crippen LogP) is 5.75. The molecule has 0 aliphatic carbocycles. The number of nitrogens with zero attached hydrogens (tertiary/aromatic N) is 4. The lowest BCUT2D eigenvalue weighted by molar-refractivity contribution is -0.138. The molecule has 6 nitrogen and oxygen atoms in total. The van der Waals surface area contributed by atoms with E-state index in [2.05, 4.69) is 10.1 Å². The molecule has 34 heavy (non-hydrogen) atoms. The molecule has 1 aliphatic rings. The highest BCUT2D eigenvalue weighted by Crippen LogP contribution is 2.37. The van der Waals surface area contributed by atoms with E-state index in [-0.39, 0.29) is 50.4 Å². The molecule has 5 rings (SSSR count). The van der Waals surface area contributed by atoms with Crippen molar-refractivity contribution >= 4 is 46.5 Å². The van der Waals surface area contributed by atoms with Crippen LogP contribution in [0.3, 0.4) is 0 Å². The van der Waals surface area contributed by atoms with Gasteiger partial charge in [-0.25, -0.2) is 14.4 Å². The number of benzene rings is 2. The number of amides is 2. The summed E-state index contributed by atoms with van der Waals surface area (Å²) in [4.78, 5) is 31.4. The van der Waals surface area contributed by atoms with E-state index in [1.54, 1.807) is 12.1 Å². The first-order valence-corrected chi connectivity index (χ1v) is 10.7. The zero-order valence-electron chi connectivity index (χ0n) is 17.3. The first-order valence-electron chi connectivity index (χ1n) is 9.95. The van der Waals surface area contributed by atoms with Crippen LogP contribution in [0.2, 0.25) is 10.3 Å². The molecule has 172 valence electrons. The summed E-state index contributed by atoms with van der Waals surface area (Å²) in [6.45, 7) is 1.36. The average Bonchev–Trinajstić information content (AvgIpc) is 3.24. The number of halogens is 5. The van der Waals surface area contributed by atoms with Crippen molar-refractivity contribution in [1.29, 1.82) is 0 Å². The maximum atomic E-state index is 13.5. The third-order valence-corrected chi connectivity index (χ3v) is 6.18. The number of fused-ring (bicyclic) bond motifs is 2. The van der Waals surface area contributed by atoms with Gasteiger partial charge in [-0.1, -0.05) is 47.5 Å². The summed E-state index contributed by atoms with van der Waals surface area (Å²) >= 11 is 12.4. The molecule has 2 amide bonds. The van der Waals surface area contributed by atoms with Crippen LogP contribution in [0.15, 0.2) is 48.5 Å². The number of hydrogen-bond donors (Lipinski definition) is 0. The topological polar surface area (TPSA) is 67.6 Å². The van der Waals surface area contributed by atoms with Gasteiger partial charge in [0.05, 0.1) is 16.7 Å². The minimum Gasteiger partial charge on any atom is -0.268 e. The Balaban J connectivity index is 1.73. The van der Waals surface area contributed by atoms with Gasteiger partial charge < -0.3 is 0 Å². The van der Waals surface area contributed by atoms with Gasteiger partial charge in [-0.2, -0.15) is 13.2 Å². The quantitative estimate of drug-likeness (QED) is 0.263. The first kappa shape index (κ1) is 22.4. The first-order chi connectivity index (χ1) is 16.1. The number of rotatable bonds is 3.